The number of sulfonamides is 1. The van der Waals surface area contributed by atoms with Crippen LogP contribution in [0.4, 0.5) is 0 Å². The third-order valence-electron chi connectivity index (χ3n) is 4.26. The first-order chi connectivity index (χ1) is 10.5. The molecule has 0 radical (unpaired) electrons. The summed E-state index contributed by atoms with van der Waals surface area (Å²) in [6, 6.07) is 7.01. The molecule has 1 aliphatic carbocycles. The van der Waals surface area contributed by atoms with Crippen LogP contribution in [0.3, 0.4) is 0 Å². The molecular weight excluding hydrogens is 294 g/mol. The Balaban J connectivity index is 1.90. The highest BCUT2D eigenvalue weighted by molar-refractivity contribution is 7.89. The zero-order valence-electron chi connectivity index (χ0n) is 13.6. The predicted octanol–water partition coefficient (Wildman–Crippen LogP) is 4.33. The molecule has 0 saturated heterocycles. The zero-order chi connectivity index (χ0) is 16.0. The number of nitrogens with one attached hydrogen (secondary N) is 1. The minimum atomic E-state index is -3.40. The molecule has 1 fully saturated rings. The second kappa shape index (κ2) is 7.93. The first-order valence-corrected chi connectivity index (χ1v) is 9.79. The van der Waals surface area contributed by atoms with E-state index in [0.717, 1.165) is 24.8 Å². The van der Waals surface area contributed by atoms with Gasteiger partial charge in [-0.1, -0.05) is 55.5 Å². The normalized spacial score (nSPS) is 20.1. The summed E-state index contributed by atoms with van der Waals surface area (Å²) in [5.74, 6) is 0. The molecule has 22 heavy (non-hydrogen) atoms. The summed E-state index contributed by atoms with van der Waals surface area (Å²) >= 11 is 0. The van der Waals surface area contributed by atoms with Crippen molar-refractivity contribution in [2.24, 2.45) is 0 Å². The van der Waals surface area contributed by atoms with Gasteiger partial charge in [-0.2, -0.15) is 0 Å². The van der Waals surface area contributed by atoms with Crippen molar-refractivity contribution >= 4 is 10.0 Å². The topological polar surface area (TPSA) is 46.2 Å². The van der Waals surface area contributed by atoms with Crippen LogP contribution < -0.4 is 4.72 Å². The molecular formula is C18H27NO2S. The molecule has 122 valence electrons. The quantitative estimate of drug-likeness (QED) is 0.572. The fourth-order valence-corrected chi connectivity index (χ4v) is 3.94. The van der Waals surface area contributed by atoms with E-state index in [1.165, 1.54) is 31.3 Å². The summed E-state index contributed by atoms with van der Waals surface area (Å²) in [4.78, 5) is 0.354. The molecule has 1 atom stereocenters. The van der Waals surface area contributed by atoms with Crippen molar-refractivity contribution in [3.05, 3.63) is 41.5 Å². The van der Waals surface area contributed by atoms with Crippen molar-refractivity contribution in [3.63, 3.8) is 0 Å². The highest BCUT2D eigenvalue weighted by Crippen LogP contribution is 2.29. The maximum atomic E-state index is 12.4. The molecule has 0 bridgehead atoms. The largest absolute Gasteiger partial charge is 0.241 e. The minimum absolute atomic E-state index is 0.00233. The van der Waals surface area contributed by atoms with Gasteiger partial charge in [-0.15, -0.1) is 0 Å². The molecule has 0 heterocycles. The Bertz CT molecular complexity index is 602. The SMILES string of the molecule is CCCCCC/C=C1\CCC1NS(=O)(=O)c1ccc(C)cc1. The molecule has 1 aromatic carbocycles. The second-order valence-electron chi connectivity index (χ2n) is 6.15. The van der Waals surface area contributed by atoms with Gasteiger partial charge in [0, 0.05) is 6.04 Å². The second-order valence-corrected chi connectivity index (χ2v) is 7.87. The molecule has 1 N–H and O–H groups in total. The molecule has 1 saturated carbocycles. The van der Waals surface area contributed by atoms with Gasteiger partial charge in [0.2, 0.25) is 10.0 Å². The van der Waals surface area contributed by atoms with Gasteiger partial charge in [-0.25, -0.2) is 13.1 Å². The molecule has 0 spiro atoms. The van der Waals surface area contributed by atoms with E-state index in [1.54, 1.807) is 12.1 Å². The number of hydrogen-bond acceptors (Lipinski definition) is 2. The monoisotopic (exact) mass is 321 g/mol. The van der Waals surface area contributed by atoms with Gasteiger partial charge in [-0.3, -0.25) is 0 Å². The Labute approximate surface area is 134 Å². The van der Waals surface area contributed by atoms with E-state index in [0.29, 0.717) is 4.90 Å². The van der Waals surface area contributed by atoms with Gasteiger partial charge in [-0.05, 0) is 44.7 Å². The van der Waals surface area contributed by atoms with E-state index in [9.17, 15) is 8.42 Å². The van der Waals surface area contributed by atoms with E-state index >= 15 is 0 Å². The fourth-order valence-electron chi connectivity index (χ4n) is 2.67. The lowest BCUT2D eigenvalue weighted by molar-refractivity contribution is 0.492. The van der Waals surface area contributed by atoms with Crippen LogP contribution >= 0.6 is 0 Å². The van der Waals surface area contributed by atoms with Crippen LogP contribution in [-0.2, 0) is 10.0 Å². The molecule has 1 unspecified atom stereocenters. The highest BCUT2D eigenvalue weighted by atomic mass is 32.2. The van der Waals surface area contributed by atoms with Crippen LogP contribution in [-0.4, -0.2) is 14.5 Å². The Morgan fingerprint density at radius 1 is 1.18 bits per heavy atom. The number of hydrogen-bond donors (Lipinski definition) is 1. The average Bonchev–Trinajstić information content (AvgIpc) is 2.48. The average molecular weight is 321 g/mol. The molecule has 1 aliphatic rings. The first kappa shape index (κ1) is 17.2. The maximum absolute atomic E-state index is 12.4. The van der Waals surface area contributed by atoms with Gasteiger partial charge in [0.1, 0.15) is 0 Å². The van der Waals surface area contributed by atoms with E-state index in [1.807, 2.05) is 19.1 Å². The molecule has 0 aromatic heterocycles. The van der Waals surface area contributed by atoms with Crippen molar-refractivity contribution in [3.8, 4) is 0 Å². The van der Waals surface area contributed by atoms with Crippen LogP contribution in [0.25, 0.3) is 0 Å². The summed E-state index contributed by atoms with van der Waals surface area (Å²) < 4.78 is 27.6. The third-order valence-corrected chi connectivity index (χ3v) is 5.75. The summed E-state index contributed by atoms with van der Waals surface area (Å²) in [5.41, 5.74) is 2.32. The van der Waals surface area contributed by atoms with Crippen LogP contribution in [0.2, 0.25) is 0 Å². The lowest BCUT2D eigenvalue weighted by Crippen LogP contribution is -2.41. The van der Waals surface area contributed by atoms with Crippen LogP contribution in [0.5, 0.6) is 0 Å². The van der Waals surface area contributed by atoms with Crippen molar-refractivity contribution in [2.45, 2.75) is 69.7 Å². The fraction of sp³-hybridized carbons (Fsp3) is 0.556. The van der Waals surface area contributed by atoms with Gasteiger partial charge in [0.25, 0.3) is 0 Å². The molecule has 2 rings (SSSR count). The van der Waals surface area contributed by atoms with Crippen LogP contribution in [0.15, 0.2) is 40.8 Å². The number of aryl methyl sites for hydroxylation is 1. The smallest absolute Gasteiger partial charge is 0.207 e. The van der Waals surface area contributed by atoms with Crippen molar-refractivity contribution in [1.29, 1.82) is 0 Å². The summed E-state index contributed by atoms with van der Waals surface area (Å²) in [7, 11) is -3.40. The minimum Gasteiger partial charge on any atom is -0.207 e. The van der Waals surface area contributed by atoms with E-state index in [4.69, 9.17) is 0 Å². The molecule has 4 heteroatoms. The van der Waals surface area contributed by atoms with Crippen molar-refractivity contribution < 1.29 is 8.42 Å². The van der Waals surface area contributed by atoms with E-state index in [2.05, 4.69) is 17.7 Å². The van der Waals surface area contributed by atoms with Crippen LogP contribution in [0, 0.1) is 6.92 Å². The van der Waals surface area contributed by atoms with Gasteiger partial charge < -0.3 is 0 Å². The standard InChI is InChI=1S/C18H27NO2S/c1-3-4-5-6-7-8-16-11-14-18(16)19-22(20,21)17-12-9-15(2)10-13-17/h8-10,12-13,18-19H,3-7,11,14H2,1-2H3/b16-8+. The van der Waals surface area contributed by atoms with Gasteiger partial charge in [0.15, 0.2) is 0 Å². The Morgan fingerprint density at radius 3 is 2.50 bits per heavy atom. The summed E-state index contributed by atoms with van der Waals surface area (Å²) in [6.07, 6.45) is 10.2. The van der Waals surface area contributed by atoms with E-state index in [-0.39, 0.29) is 6.04 Å². The lowest BCUT2D eigenvalue weighted by Gasteiger charge is -2.30. The number of allylic oxidation sites excluding steroid dienone is 1. The Kier molecular flexibility index (Phi) is 6.21. The highest BCUT2D eigenvalue weighted by Gasteiger charge is 2.28. The number of rotatable bonds is 8. The zero-order valence-corrected chi connectivity index (χ0v) is 14.5. The first-order valence-electron chi connectivity index (χ1n) is 8.31. The molecule has 0 amide bonds. The molecule has 1 aromatic rings. The van der Waals surface area contributed by atoms with Crippen molar-refractivity contribution in [2.75, 3.05) is 0 Å². The van der Waals surface area contributed by atoms with E-state index < -0.39 is 10.0 Å². The van der Waals surface area contributed by atoms with Gasteiger partial charge in [0.05, 0.1) is 4.90 Å². The lowest BCUT2D eigenvalue weighted by atomic mass is 9.86. The van der Waals surface area contributed by atoms with Gasteiger partial charge >= 0.3 is 0 Å². The number of benzene rings is 1. The Hall–Kier alpha value is -1.13. The Morgan fingerprint density at radius 2 is 1.91 bits per heavy atom. The van der Waals surface area contributed by atoms with Crippen LogP contribution in [0.1, 0.15) is 57.4 Å². The molecule has 0 aliphatic heterocycles. The summed E-state index contributed by atoms with van der Waals surface area (Å²) in [6.45, 7) is 4.16. The number of unbranched alkanes of at least 4 members (excludes halogenated alkanes) is 4. The summed E-state index contributed by atoms with van der Waals surface area (Å²) in [5, 5.41) is 0. The van der Waals surface area contributed by atoms with Crippen molar-refractivity contribution in [1.82, 2.24) is 4.72 Å². The molecule has 3 nitrogen and oxygen atoms in total. The third kappa shape index (κ3) is 4.68. The maximum Gasteiger partial charge on any atom is 0.241 e. The predicted molar refractivity (Wildman–Crippen MR) is 91.4 cm³/mol.